The molecule has 0 N–H and O–H groups in total. The van der Waals surface area contributed by atoms with Crippen molar-refractivity contribution in [2.24, 2.45) is 0 Å². The third kappa shape index (κ3) is 2.97. The molecule has 1 fully saturated rings. The van der Waals surface area contributed by atoms with E-state index in [1.54, 1.807) is 10.4 Å². The van der Waals surface area contributed by atoms with Gasteiger partial charge in [0.05, 0.1) is 4.90 Å². The van der Waals surface area contributed by atoms with Crippen molar-refractivity contribution in [3.05, 3.63) is 53.6 Å². The third-order valence-corrected chi connectivity index (χ3v) is 6.79. The first kappa shape index (κ1) is 17.1. The summed E-state index contributed by atoms with van der Waals surface area (Å²) in [6.07, 6.45) is 0. The number of fused-ring (bicyclic) bond motifs is 1. The summed E-state index contributed by atoms with van der Waals surface area (Å²) in [6.45, 7) is 5.67. The monoisotopic (exact) mass is 371 g/mol. The first-order chi connectivity index (χ1) is 12.4. The van der Waals surface area contributed by atoms with Gasteiger partial charge < -0.3 is 9.32 Å². The van der Waals surface area contributed by atoms with Crippen molar-refractivity contribution in [3.63, 3.8) is 0 Å². The summed E-state index contributed by atoms with van der Waals surface area (Å²) >= 11 is 0. The zero-order chi connectivity index (χ0) is 18.3. The molecule has 2 aromatic carbocycles. The predicted octanol–water partition coefficient (Wildman–Crippen LogP) is 2.96. The highest BCUT2D eigenvalue weighted by atomic mass is 32.2. The Morgan fingerprint density at radius 3 is 2.46 bits per heavy atom. The molecule has 26 heavy (non-hydrogen) atoms. The smallest absolute Gasteiger partial charge is 0.298 e. The highest BCUT2D eigenvalue weighted by Crippen LogP contribution is 2.26. The minimum absolute atomic E-state index is 0.396. The summed E-state index contributed by atoms with van der Waals surface area (Å²) < 4.78 is 33.4. The maximum Gasteiger partial charge on any atom is 0.298 e. The molecular formula is C19H21N3O3S. The number of hydrogen-bond acceptors (Lipinski definition) is 5. The van der Waals surface area contributed by atoms with E-state index >= 15 is 0 Å². The maximum atomic E-state index is 13.0. The Kier molecular flexibility index (Phi) is 4.20. The molecule has 0 atom stereocenters. The number of aryl methyl sites for hydroxylation is 2. The van der Waals surface area contributed by atoms with Crippen molar-refractivity contribution >= 4 is 27.1 Å². The fourth-order valence-corrected chi connectivity index (χ4v) is 4.97. The van der Waals surface area contributed by atoms with Gasteiger partial charge in [0.25, 0.3) is 6.01 Å². The van der Waals surface area contributed by atoms with Crippen molar-refractivity contribution in [2.45, 2.75) is 18.7 Å². The molecule has 0 unspecified atom stereocenters. The molecule has 6 nitrogen and oxygen atoms in total. The lowest BCUT2D eigenvalue weighted by molar-refractivity contribution is 0.373. The molecule has 1 aromatic heterocycles. The average Bonchev–Trinajstić information content (AvgIpc) is 3.08. The molecule has 0 amide bonds. The van der Waals surface area contributed by atoms with E-state index in [0.29, 0.717) is 37.1 Å². The quantitative estimate of drug-likeness (QED) is 0.708. The van der Waals surface area contributed by atoms with Crippen molar-refractivity contribution < 1.29 is 12.8 Å². The normalized spacial score (nSPS) is 16.3. The predicted molar refractivity (Wildman–Crippen MR) is 101 cm³/mol. The molecule has 7 heteroatoms. The van der Waals surface area contributed by atoms with Crippen LogP contribution < -0.4 is 4.90 Å². The molecule has 1 aliphatic heterocycles. The number of sulfonamides is 1. The van der Waals surface area contributed by atoms with Crippen molar-refractivity contribution in [2.75, 3.05) is 31.1 Å². The molecule has 3 aromatic rings. The molecule has 0 radical (unpaired) electrons. The van der Waals surface area contributed by atoms with Crippen LogP contribution in [0.25, 0.3) is 11.1 Å². The molecule has 0 aliphatic carbocycles. The van der Waals surface area contributed by atoms with E-state index in [4.69, 9.17) is 4.42 Å². The van der Waals surface area contributed by atoms with Crippen LogP contribution >= 0.6 is 0 Å². The zero-order valence-electron chi connectivity index (χ0n) is 14.8. The van der Waals surface area contributed by atoms with Gasteiger partial charge in [-0.2, -0.15) is 9.29 Å². The molecule has 136 valence electrons. The highest BCUT2D eigenvalue weighted by molar-refractivity contribution is 7.89. The SMILES string of the molecule is Cc1ccc(C)c(S(=O)(=O)N2CCN(c3nc4ccccc4o3)CC2)c1. The Hall–Kier alpha value is -2.38. The number of piperazine rings is 1. The summed E-state index contributed by atoms with van der Waals surface area (Å²) in [5.41, 5.74) is 3.28. The molecule has 1 aliphatic rings. The first-order valence-electron chi connectivity index (χ1n) is 8.63. The number of aromatic nitrogens is 1. The largest absolute Gasteiger partial charge is 0.423 e. The van der Waals surface area contributed by atoms with Crippen LogP contribution in [0, 0.1) is 13.8 Å². The molecule has 0 spiro atoms. The Morgan fingerprint density at radius 1 is 1.00 bits per heavy atom. The second-order valence-corrected chi connectivity index (χ2v) is 8.53. The van der Waals surface area contributed by atoms with Gasteiger partial charge in [-0.05, 0) is 43.2 Å². The molecule has 1 saturated heterocycles. The highest BCUT2D eigenvalue weighted by Gasteiger charge is 2.31. The summed E-state index contributed by atoms with van der Waals surface area (Å²) in [4.78, 5) is 6.89. The number of rotatable bonds is 3. The topological polar surface area (TPSA) is 66.7 Å². The molecule has 2 heterocycles. The third-order valence-electron chi connectivity index (χ3n) is 4.75. The van der Waals surface area contributed by atoms with Crippen molar-refractivity contribution in [1.82, 2.24) is 9.29 Å². The van der Waals surface area contributed by atoms with E-state index in [1.807, 2.05) is 55.1 Å². The van der Waals surface area contributed by atoms with Gasteiger partial charge in [0.1, 0.15) is 5.52 Å². The summed E-state index contributed by atoms with van der Waals surface area (Å²) in [5.74, 6) is 0. The second-order valence-electron chi connectivity index (χ2n) is 6.62. The van der Waals surface area contributed by atoms with E-state index < -0.39 is 10.0 Å². The lowest BCUT2D eigenvalue weighted by atomic mass is 10.2. The number of anilines is 1. The van der Waals surface area contributed by atoms with Gasteiger partial charge in [-0.25, -0.2) is 8.42 Å². The summed E-state index contributed by atoms with van der Waals surface area (Å²) in [6, 6.07) is 13.7. The van der Waals surface area contributed by atoms with Crippen molar-refractivity contribution in [1.29, 1.82) is 0 Å². The van der Waals surface area contributed by atoms with Gasteiger partial charge >= 0.3 is 0 Å². The molecule has 0 bridgehead atoms. The lowest BCUT2D eigenvalue weighted by Gasteiger charge is -2.33. The Morgan fingerprint density at radius 2 is 1.73 bits per heavy atom. The van der Waals surface area contributed by atoms with E-state index in [1.165, 1.54) is 0 Å². The Bertz CT molecular complexity index is 1020. The lowest BCUT2D eigenvalue weighted by Crippen LogP contribution is -2.48. The average molecular weight is 371 g/mol. The second kappa shape index (κ2) is 6.41. The molecule has 4 rings (SSSR count). The zero-order valence-corrected chi connectivity index (χ0v) is 15.7. The first-order valence-corrected chi connectivity index (χ1v) is 10.1. The number of oxazole rings is 1. The van der Waals surface area contributed by atoms with Gasteiger partial charge in [0, 0.05) is 26.2 Å². The van der Waals surface area contributed by atoms with Crippen LogP contribution in [0.5, 0.6) is 0 Å². The van der Waals surface area contributed by atoms with Crippen LogP contribution in [-0.4, -0.2) is 43.9 Å². The minimum Gasteiger partial charge on any atom is -0.423 e. The molecule has 0 saturated carbocycles. The standard InChI is InChI=1S/C19H21N3O3S/c1-14-7-8-15(2)18(13-14)26(23,24)22-11-9-21(10-12-22)19-20-16-5-3-4-6-17(16)25-19/h3-8,13H,9-12H2,1-2H3. The Labute approximate surface area is 153 Å². The van der Waals surface area contributed by atoms with E-state index in [9.17, 15) is 8.42 Å². The van der Waals surface area contributed by atoms with Gasteiger partial charge in [-0.1, -0.05) is 24.3 Å². The summed E-state index contributed by atoms with van der Waals surface area (Å²) in [5, 5.41) is 0. The van der Waals surface area contributed by atoms with Gasteiger partial charge in [-0.15, -0.1) is 0 Å². The summed E-state index contributed by atoms with van der Waals surface area (Å²) in [7, 11) is -3.49. The van der Waals surface area contributed by atoms with Gasteiger partial charge in [-0.3, -0.25) is 0 Å². The van der Waals surface area contributed by atoms with Gasteiger partial charge in [0.2, 0.25) is 10.0 Å². The van der Waals surface area contributed by atoms with Crippen molar-refractivity contribution in [3.8, 4) is 0 Å². The van der Waals surface area contributed by atoms with E-state index in [0.717, 1.165) is 22.2 Å². The van der Waals surface area contributed by atoms with Crippen LogP contribution in [0.2, 0.25) is 0 Å². The van der Waals surface area contributed by atoms with Crippen LogP contribution in [0.3, 0.4) is 0 Å². The van der Waals surface area contributed by atoms with Crippen LogP contribution in [0.4, 0.5) is 6.01 Å². The van der Waals surface area contributed by atoms with Crippen LogP contribution in [0.1, 0.15) is 11.1 Å². The van der Waals surface area contributed by atoms with E-state index in [-0.39, 0.29) is 0 Å². The fourth-order valence-electron chi connectivity index (χ4n) is 3.24. The number of para-hydroxylation sites is 2. The number of benzene rings is 2. The fraction of sp³-hybridized carbons (Fsp3) is 0.316. The van der Waals surface area contributed by atoms with Crippen LogP contribution in [-0.2, 0) is 10.0 Å². The van der Waals surface area contributed by atoms with E-state index in [2.05, 4.69) is 4.98 Å². The van der Waals surface area contributed by atoms with Gasteiger partial charge in [0.15, 0.2) is 5.58 Å². The molecular weight excluding hydrogens is 350 g/mol. The Balaban J connectivity index is 1.53. The maximum absolute atomic E-state index is 13.0. The van der Waals surface area contributed by atoms with Crippen LogP contribution in [0.15, 0.2) is 51.8 Å². The number of nitrogens with zero attached hydrogens (tertiary/aromatic N) is 3. The minimum atomic E-state index is -3.49. The number of hydrogen-bond donors (Lipinski definition) is 0.